The topological polar surface area (TPSA) is 68.0 Å². The number of benzene rings is 2. The molecule has 6 heteroatoms. The summed E-state index contributed by atoms with van der Waals surface area (Å²) < 4.78 is 5.18. The molecule has 1 amide bonds. The van der Waals surface area contributed by atoms with Crippen LogP contribution in [0.2, 0.25) is 5.02 Å². The summed E-state index contributed by atoms with van der Waals surface area (Å²) in [4.78, 5) is 16.2. The van der Waals surface area contributed by atoms with Crippen LogP contribution in [0, 0.1) is 0 Å². The first kappa shape index (κ1) is 15.2. The van der Waals surface area contributed by atoms with Crippen molar-refractivity contribution in [3.05, 3.63) is 65.5 Å². The summed E-state index contributed by atoms with van der Waals surface area (Å²) in [5.74, 6) is 0.785. The molecule has 0 fully saturated rings. The fourth-order valence-electron chi connectivity index (χ4n) is 2.07. The Hall–Kier alpha value is -2.66. The predicted molar refractivity (Wildman–Crippen MR) is 88.1 cm³/mol. The van der Waals surface area contributed by atoms with E-state index in [2.05, 4.69) is 15.5 Å². The number of halogens is 1. The molecule has 116 valence electrons. The van der Waals surface area contributed by atoms with E-state index in [1.807, 2.05) is 42.5 Å². The standard InChI is InChI=1S/C17H14ClN3O2/c18-13-6-4-5-12(11-13)17-20-16(23-21-17)10-9-15(22)19-14-7-2-1-3-8-14/h1-8,11H,9-10H2,(H,19,22). The lowest BCUT2D eigenvalue weighted by molar-refractivity contribution is -0.116. The zero-order valence-corrected chi connectivity index (χ0v) is 13.0. The molecule has 1 heterocycles. The molecule has 0 radical (unpaired) electrons. The Kier molecular flexibility index (Phi) is 4.68. The number of aryl methyl sites for hydroxylation is 1. The first-order valence-corrected chi connectivity index (χ1v) is 7.52. The van der Waals surface area contributed by atoms with Gasteiger partial charge in [-0.25, -0.2) is 0 Å². The van der Waals surface area contributed by atoms with E-state index in [0.717, 1.165) is 11.3 Å². The highest BCUT2D eigenvalue weighted by molar-refractivity contribution is 6.30. The number of anilines is 1. The summed E-state index contributed by atoms with van der Waals surface area (Å²) in [7, 11) is 0. The van der Waals surface area contributed by atoms with E-state index in [4.69, 9.17) is 16.1 Å². The molecule has 0 atom stereocenters. The molecule has 0 saturated carbocycles. The van der Waals surface area contributed by atoms with Gasteiger partial charge in [-0.1, -0.05) is 47.1 Å². The summed E-state index contributed by atoms with van der Waals surface area (Å²) in [6.07, 6.45) is 0.651. The highest BCUT2D eigenvalue weighted by Crippen LogP contribution is 2.20. The molecule has 2 aromatic carbocycles. The van der Waals surface area contributed by atoms with Crippen molar-refractivity contribution in [1.29, 1.82) is 0 Å². The largest absolute Gasteiger partial charge is 0.339 e. The molecule has 0 aliphatic carbocycles. The predicted octanol–water partition coefficient (Wildman–Crippen LogP) is 3.96. The SMILES string of the molecule is O=C(CCc1nc(-c2cccc(Cl)c2)no1)Nc1ccccc1. The van der Waals surface area contributed by atoms with Gasteiger partial charge in [0.1, 0.15) is 0 Å². The Morgan fingerprint density at radius 2 is 1.96 bits per heavy atom. The molecule has 0 saturated heterocycles. The van der Waals surface area contributed by atoms with Crippen molar-refractivity contribution in [3.8, 4) is 11.4 Å². The van der Waals surface area contributed by atoms with E-state index in [9.17, 15) is 4.79 Å². The van der Waals surface area contributed by atoms with Crippen LogP contribution in [0.1, 0.15) is 12.3 Å². The second-order valence-corrected chi connectivity index (χ2v) is 5.37. The number of carbonyl (C=O) groups is 1. The summed E-state index contributed by atoms with van der Waals surface area (Å²) in [5, 5.41) is 7.33. The van der Waals surface area contributed by atoms with E-state index >= 15 is 0 Å². The summed E-state index contributed by atoms with van der Waals surface area (Å²) >= 11 is 5.94. The van der Waals surface area contributed by atoms with Gasteiger partial charge in [0.2, 0.25) is 17.6 Å². The van der Waals surface area contributed by atoms with Gasteiger partial charge in [-0.15, -0.1) is 0 Å². The van der Waals surface area contributed by atoms with Crippen molar-refractivity contribution in [3.63, 3.8) is 0 Å². The molecule has 1 aromatic heterocycles. The van der Waals surface area contributed by atoms with Crippen LogP contribution in [-0.4, -0.2) is 16.0 Å². The maximum Gasteiger partial charge on any atom is 0.227 e. The van der Waals surface area contributed by atoms with Gasteiger partial charge in [-0.2, -0.15) is 4.98 Å². The van der Waals surface area contributed by atoms with Crippen LogP contribution in [0.5, 0.6) is 0 Å². The number of aromatic nitrogens is 2. The fourth-order valence-corrected chi connectivity index (χ4v) is 2.26. The van der Waals surface area contributed by atoms with E-state index in [0.29, 0.717) is 23.2 Å². The molecule has 0 unspecified atom stereocenters. The lowest BCUT2D eigenvalue weighted by atomic mass is 10.2. The van der Waals surface area contributed by atoms with Gasteiger partial charge in [0.25, 0.3) is 0 Å². The molecular formula is C17H14ClN3O2. The van der Waals surface area contributed by atoms with Crippen LogP contribution >= 0.6 is 11.6 Å². The lowest BCUT2D eigenvalue weighted by Gasteiger charge is -2.02. The second kappa shape index (κ2) is 7.07. The molecule has 23 heavy (non-hydrogen) atoms. The van der Waals surface area contributed by atoms with Crippen LogP contribution < -0.4 is 5.32 Å². The Bertz CT molecular complexity index is 802. The van der Waals surface area contributed by atoms with Gasteiger partial charge >= 0.3 is 0 Å². The summed E-state index contributed by atoms with van der Waals surface area (Å²) in [5.41, 5.74) is 1.55. The third-order valence-corrected chi connectivity index (χ3v) is 3.41. The Morgan fingerprint density at radius 1 is 1.13 bits per heavy atom. The molecule has 5 nitrogen and oxygen atoms in total. The first-order chi connectivity index (χ1) is 11.2. The number of amides is 1. The third kappa shape index (κ3) is 4.17. The molecule has 0 bridgehead atoms. The Balaban J connectivity index is 1.58. The van der Waals surface area contributed by atoms with Gasteiger partial charge in [0.15, 0.2) is 0 Å². The average Bonchev–Trinajstić information content (AvgIpc) is 3.03. The van der Waals surface area contributed by atoms with Gasteiger partial charge in [-0.3, -0.25) is 4.79 Å². The van der Waals surface area contributed by atoms with Gasteiger partial charge in [-0.05, 0) is 24.3 Å². The first-order valence-electron chi connectivity index (χ1n) is 7.14. The van der Waals surface area contributed by atoms with E-state index in [-0.39, 0.29) is 12.3 Å². The molecule has 0 aliphatic rings. The highest BCUT2D eigenvalue weighted by atomic mass is 35.5. The number of hydrogen-bond donors (Lipinski definition) is 1. The number of para-hydroxylation sites is 1. The Morgan fingerprint density at radius 3 is 2.74 bits per heavy atom. The normalized spacial score (nSPS) is 10.5. The molecule has 0 spiro atoms. The summed E-state index contributed by atoms with van der Waals surface area (Å²) in [6, 6.07) is 16.5. The number of rotatable bonds is 5. The van der Waals surface area contributed by atoms with E-state index in [1.54, 1.807) is 12.1 Å². The minimum atomic E-state index is -0.0984. The summed E-state index contributed by atoms with van der Waals surface area (Å²) in [6.45, 7) is 0. The van der Waals surface area contributed by atoms with Crippen LogP contribution in [0.25, 0.3) is 11.4 Å². The molecular weight excluding hydrogens is 314 g/mol. The second-order valence-electron chi connectivity index (χ2n) is 4.94. The highest BCUT2D eigenvalue weighted by Gasteiger charge is 2.11. The van der Waals surface area contributed by atoms with Crippen LogP contribution in [0.3, 0.4) is 0 Å². The quantitative estimate of drug-likeness (QED) is 0.770. The zero-order valence-electron chi connectivity index (χ0n) is 12.2. The molecule has 3 aromatic rings. The fraction of sp³-hybridized carbons (Fsp3) is 0.118. The van der Waals surface area contributed by atoms with Crippen LogP contribution in [-0.2, 0) is 11.2 Å². The van der Waals surface area contributed by atoms with Gasteiger partial charge < -0.3 is 9.84 Å². The van der Waals surface area contributed by atoms with Crippen molar-refractivity contribution >= 4 is 23.2 Å². The van der Waals surface area contributed by atoms with E-state index < -0.39 is 0 Å². The zero-order chi connectivity index (χ0) is 16.1. The lowest BCUT2D eigenvalue weighted by Crippen LogP contribution is -2.12. The van der Waals surface area contributed by atoms with Gasteiger partial charge in [0.05, 0.1) is 0 Å². The number of hydrogen-bond acceptors (Lipinski definition) is 4. The van der Waals surface area contributed by atoms with Crippen LogP contribution in [0.15, 0.2) is 59.1 Å². The average molecular weight is 328 g/mol. The van der Waals surface area contributed by atoms with Gasteiger partial charge in [0, 0.05) is 29.1 Å². The Labute approximate surface area is 138 Å². The monoisotopic (exact) mass is 327 g/mol. The minimum absolute atomic E-state index is 0.0984. The molecule has 1 N–H and O–H groups in total. The number of nitrogens with one attached hydrogen (secondary N) is 1. The minimum Gasteiger partial charge on any atom is -0.339 e. The van der Waals surface area contributed by atoms with Crippen LogP contribution in [0.4, 0.5) is 5.69 Å². The van der Waals surface area contributed by atoms with Crippen molar-refractivity contribution in [1.82, 2.24) is 10.1 Å². The molecule has 3 rings (SSSR count). The van der Waals surface area contributed by atoms with E-state index in [1.165, 1.54) is 0 Å². The van der Waals surface area contributed by atoms with Crippen molar-refractivity contribution < 1.29 is 9.32 Å². The number of nitrogens with zero attached hydrogens (tertiary/aromatic N) is 2. The maximum absolute atomic E-state index is 11.9. The maximum atomic E-state index is 11.9. The molecule has 0 aliphatic heterocycles. The van der Waals surface area contributed by atoms with Crippen molar-refractivity contribution in [2.45, 2.75) is 12.8 Å². The smallest absolute Gasteiger partial charge is 0.227 e. The third-order valence-electron chi connectivity index (χ3n) is 3.17. The van der Waals surface area contributed by atoms with Crippen molar-refractivity contribution in [2.24, 2.45) is 0 Å². The van der Waals surface area contributed by atoms with Crippen molar-refractivity contribution in [2.75, 3.05) is 5.32 Å². The number of carbonyl (C=O) groups excluding carboxylic acids is 1.